The van der Waals surface area contributed by atoms with Crippen molar-refractivity contribution >= 4 is 0 Å². The zero-order valence-corrected chi connectivity index (χ0v) is 12.6. The fourth-order valence-corrected chi connectivity index (χ4v) is 1.77. The lowest BCUT2D eigenvalue weighted by Crippen LogP contribution is -2.11. The van der Waals surface area contributed by atoms with E-state index in [1.54, 1.807) is 6.07 Å². The Morgan fingerprint density at radius 1 is 0.783 bits per heavy atom. The molecule has 2 aromatic carbocycles. The fraction of sp³-hybridized carbons (Fsp3) is 0.250. The number of aromatic hydroxyl groups is 4. The first kappa shape index (κ1) is 18.6. The van der Waals surface area contributed by atoms with Crippen molar-refractivity contribution in [1.29, 1.82) is 0 Å². The van der Waals surface area contributed by atoms with Crippen molar-refractivity contribution in [1.82, 2.24) is 0 Å². The Bertz CT molecular complexity index is 634. The molecule has 0 radical (unpaired) electrons. The van der Waals surface area contributed by atoms with Crippen LogP contribution in [0.3, 0.4) is 0 Å². The minimum absolute atomic E-state index is 0.0871. The lowest BCUT2D eigenvalue weighted by atomic mass is 10.1. The van der Waals surface area contributed by atoms with Gasteiger partial charge in [-0.2, -0.15) is 0 Å². The summed E-state index contributed by atoms with van der Waals surface area (Å²) < 4.78 is 0. The average molecular weight is 322 g/mol. The summed E-state index contributed by atoms with van der Waals surface area (Å²) in [5.41, 5.74) is 11.9. The maximum Gasteiger partial charge on any atom is 0.157 e. The molecule has 1 atom stereocenters. The SMILES string of the molecule is NCCc1ccc(O)c(O)c1.NC[C@H](O)c1ccc(O)c(O)c1. The smallest absolute Gasteiger partial charge is 0.157 e. The van der Waals surface area contributed by atoms with Crippen molar-refractivity contribution in [2.24, 2.45) is 11.5 Å². The van der Waals surface area contributed by atoms with Gasteiger partial charge in [-0.1, -0.05) is 12.1 Å². The Labute approximate surface area is 134 Å². The molecule has 126 valence electrons. The molecule has 0 aliphatic carbocycles. The standard InChI is InChI=1S/C8H11NO3.C8H11NO2/c9-4-8(12)5-1-2-6(10)7(11)3-5;9-4-3-6-1-2-7(10)8(11)5-6/h1-3,8,10-12H,4,9H2;1-2,5,10-11H,3-4,9H2/t8-;/m0./s1. The van der Waals surface area contributed by atoms with Gasteiger partial charge in [-0.3, -0.25) is 0 Å². The number of aliphatic hydroxyl groups is 1. The molecule has 0 heterocycles. The van der Waals surface area contributed by atoms with Crippen LogP contribution in [0.25, 0.3) is 0 Å². The summed E-state index contributed by atoms with van der Waals surface area (Å²) in [6, 6.07) is 8.81. The minimum atomic E-state index is -0.795. The van der Waals surface area contributed by atoms with Gasteiger partial charge in [0.25, 0.3) is 0 Å². The van der Waals surface area contributed by atoms with Crippen LogP contribution in [0.5, 0.6) is 23.0 Å². The largest absolute Gasteiger partial charge is 0.504 e. The molecule has 0 bridgehead atoms. The van der Waals surface area contributed by atoms with E-state index in [-0.39, 0.29) is 29.5 Å². The number of phenolic OH excluding ortho intramolecular Hbond substituents is 4. The third-order valence-corrected chi connectivity index (χ3v) is 3.08. The van der Waals surface area contributed by atoms with Crippen LogP contribution < -0.4 is 11.5 Å². The van der Waals surface area contributed by atoms with Crippen molar-refractivity contribution in [2.75, 3.05) is 13.1 Å². The maximum atomic E-state index is 9.23. The van der Waals surface area contributed by atoms with Crippen molar-refractivity contribution in [2.45, 2.75) is 12.5 Å². The van der Waals surface area contributed by atoms with Crippen molar-refractivity contribution in [3.63, 3.8) is 0 Å². The molecule has 9 N–H and O–H groups in total. The van der Waals surface area contributed by atoms with Gasteiger partial charge in [0.15, 0.2) is 23.0 Å². The molecular weight excluding hydrogens is 300 g/mol. The van der Waals surface area contributed by atoms with Gasteiger partial charge in [0, 0.05) is 6.54 Å². The number of hydrogen-bond acceptors (Lipinski definition) is 7. The fourth-order valence-electron chi connectivity index (χ4n) is 1.77. The van der Waals surface area contributed by atoms with Crippen molar-refractivity contribution in [3.8, 4) is 23.0 Å². The second-order valence-corrected chi connectivity index (χ2v) is 4.86. The van der Waals surface area contributed by atoms with Crippen LogP contribution in [-0.2, 0) is 6.42 Å². The van der Waals surface area contributed by atoms with Gasteiger partial charge in [0.1, 0.15) is 0 Å². The second kappa shape index (κ2) is 8.84. The highest BCUT2D eigenvalue weighted by Crippen LogP contribution is 2.27. The van der Waals surface area contributed by atoms with E-state index in [2.05, 4.69) is 0 Å². The normalized spacial score (nSPS) is 11.4. The number of nitrogens with two attached hydrogens (primary N) is 2. The van der Waals surface area contributed by atoms with E-state index < -0.39 is 6.10 Å². The predicted molar refractivity (Wildman–Crippen MR) is 86.3 cm³/mol. The molecule has 0 aliphatic heterocycles. The van der Waals surface area contributed by atoms with Gasteiger partial charge in [-0.25, -0.2) is 0 Å². The molecule has 0 fully saturated rings. The predicted octanol–water partition coefficient (Wildman–Crippen LogP) is 0.689. The van der Waals surface area contributed by atoms with E-state index in [0.717, 1.165) is 5.56 Å². The van der Waals surface area contributed by atoms with Gasteiger partial charge in [0.2, 0.25) is 0 Å². The highest BCUT2D eigenvalue weighted by atomic mass is 16.3. The maximum absolute atomic E-state index is 9.23. The van der Waals surface area contributed by atoms with E-state index in [1.807, 2.05) is 0 Å². The van der Waals surface area contributed by atoms with Crippen LogP contribution in [0, 0.1) is 0 Å². The molecule has 0 saturated heterocycles. The summed E-state index contributed by atoms with van der Waals surface area (Å²) in [7, 11) is 0. The topological polar surface area (TPSA) is 153 Å². The van der Waals surface area contributed by atoms with E-state index >= 15 is 0 Å². The Hall–Kier alpha value is -2.48. The van der Waals surface area contributed by atoms with Gasteiger partial charge in [0.05, 0.1) is 6.10 Å². The zero-order chi connectivity index (χ0) is 17.4. The summed E-state index contributed by atoms with van der Waals surface area (Å²) in [6.45, 7) is 0.633. The van der Waals surface area contributed by atoms with Crippen LogP contribution in [-0.4, -0.2) is 38.6 Å². The molecular formula is C16H22N2O5. The molecule has 7 nitrogen and oxygen atoms in total. The average Bonchev–Trinajstić information content (AvgIpc) is 2.54. The molecule has 0 unspecified atom stereocenters. The molecule has 7 heteroatoms. The number of benzene rings is 2. The second-order valence-electron chi connectivity index (χ2n) is 4.86. The van der Waals surface area contributed by atoms with Crippen LogP contribution in [0.4, 0.5) is 0 Å². The van der Waals surface area contributed by atoms with Gasteiger partial charge in [-0.15, -0.1) is 0 Å². The van der Waals surface area contributed by atoms with Crippen molar-refractivity contribution in [3.05, 3.63) is 47.5 Å². The third kappa shape index (κ3) is 5.67. The number of aliphatic hydroxyl groups excluding tert-OH is 1. The number of phenols is 4. The third-order valence-electron chi connectivity index (χ3n) is 3.08. The highest BCUT2D eigenvalue weighted by Gasteiger charge is 2.07. The quantitative estimate of drug-likeness (QED) is 0.409. The van der Waals surface area contributed by atoms with E-state index in [9.17, 15) is 5.11 Å². The Kier molecular flexibility index (Phi) is 7.14. The van der Waals surface area contributed by atoms with Crippen molar-refractivity contribution < 1.29 is 25.5 Å². The molecule has 0 saturated carbocycles. The van der Waals surface area contributed by atoms with Crippen LogP contribution in [0.15, 0.2) is 36.4 Å². The minimum Gasteiger partial charge on any atom is -0.504 e. The lowest BCUT2D eigenvalue weighted by molar-refractivity contribution is 0.186. The van der Waals surface area contributed by atoms with Crippen LogP contribution in [0.2, 0.25) is 0 Å². The van der Waals surface area contributed by atoms with Gasteiger partial charge >= 0.3 is 0 Å². The first-order valence-corrected chi connectivity index (χ1v) is 7.00. The number of hydrogen-bond donors (Lipinski definition) is 7. The monoisotopic (exact) mass is 322 g/mol. The highest BCUT2D eigenvalue weighted by molar-refractivity contribution is 5.41. The summed E-state index contributed by atoms with van der Waals surface area (Å²) in [5, 5.41) is 45.2. The molecule has 2 aromatic rings. The van der Waals surface area contributed by atoms with Gasteiger partial charge in [-0.05, 0) is 48.4 Å². The summed E-state index contributed by atoms with van der Waals surface area (Å²) >= 11 is 0. The van der Waals surface area contributed by atoms with Gasteiger partial charge < -0.3 is 37.0 Å². The Morgan fingerprint density at radius 2 is 1.35 bits per heavy atom. The van der Waals surface area contributed by atoms with E-state index in [0.29, 0.717) is 18.5 Å². The Morgan fingerprint density at radius 3 is 1.83 bits per heavy atom. The molecule has 0 amide bonds. The van der Waals surface area contributed by atoms with Crippen LogP contribution >= 0.6 is 0 Å². The lowest BCUT2D eigenvalue weighted by Gasteiger charge is -2.08. The first-order valence-electron chi connectivity index (χ1n) is 7.00. The first-order chi connectivity index (χ1) is 10.9. The molecule has 2 rings (SSSR count). The zero-order valence-electron chi connectivity index (χ0n) is 12.6. The molecule has 0 spiro atoms. The van der Waals surface area contributed by atoms with E-state index in [4.69, 9.17) is 31.9 Å². The molecule has 23 heavy (non-hydrogen) atoms. The summed E-state index contributed by atoms with van der Waals surface area (Å²) in [6.07, 6.45) is -0.0788. The van der Waals surface area contributed by atoms with Crippen LogP contribution in [0.1, 0.15) is 17.2 Å². The summed E-state index contributed by atoms with van der Waals surface area (Å²) in [5.74, 6) is -0.635. The molecule has 0 aliphatic rings. The molecule has 0 aromatic heterocycles. The Balaban J connectivity index is 0.000000231. The summed E-state index contributed by atoms with van der Waals surface area (Å²) in [4.78, 5) is 0. The number of rotatable bonds is 4. The van der Waals surface area contributed by atoms with E-state index in [1.165, 1.54) is 30.3 Å².